The second-order valence-corrected chi connectivity index (χ2v) is 4.60. The second-order valence-electron chi connectivity index (χ2n) is 4.60. The van der Waals surface area contributed by atoms with Crippen molar-refractivity contribution in [1.29, 1.82) is 0 Å². The molecule has 3 rings (SSSR count). The van der Waals surface area contributed by atoms with Crippen molar-refractivity contribution in [2.24, 2.45) is 0 Å². The topological polar surface area (TPSA) is 12.0 Å². The normalized spacial score (nSPS) is 24.5. The lowest BCUT2D eigenvalue weighted by Crippen LogP contribution is -2.15. The minimum atomic E-state index is 0.00393. The summed E-state index contributed by atoms with van der Waals surface area (Å²) in [5.74, 6) is 0.00393. The fourth-order valence-corrected chi connectivity index (χ4v) is 2.97. The first-order chi connectivity index (χ1) is 7.36. The van der Waals surface area contributed by atoms with Crippen molar-refractivity contribution in [3.8, 4) is 0 Å². The van der Waals surface area contributed by atoms with Gasteiger partial charge in [-0.1, -0.05) is 6.07 Å². The molecule has 1 N–H and O–H groups in total. The fraction of sp³-hybridized carbons (Fsp3) is 0.538. The molecule has 0 aromatic heterocycles. The molecule has 80 valence electrons. The highest BCUT2D eigenvalue weighted by atomic mass is 19.1. The van der Waals surface area contributed by atoms with Crippen LogP contribution >= 0.6 is 0 Å². The highest BCUT2D eigenvalue weighted by molar-refractivity contribution is 5.41. The molecule has 1 nitrogen and oxygen atoms in total. The summed E-state index contributed by atoms with van der Waals surface area (Å²) in [7, 11) is 0. The molecule has 0 amide bonds. The van der Waals surface area contributed by atoms with Crippen molar-refractivity contribution in [3.63, 3.8) is 0 Å². The van der Waals surface area contributed by atoms with E-state index in [-0.39, 0.29) is 5.82 Å². The third-order valence-corrected chi connectivity index (χ3v) is 3.70. The Morgan fingerprint density at radius 3 is 2.80 bits per heavy atom. The molecule has 15 heavy (non-hydrogen) atoms. The van der Waals surface area contributed by atoms with Gasteiger partial charge in [-0.15, -0.1) is 0 Å². The summed E-state index contributed by atoms with van der Waals surface area (Å²) in [5, 5.41) is 3.50. The Bertz CT molecular complexity index is 380. The van der Waals surface area contributed by atoms with Gasteiger partial charge in [0, 0.05) is 6.04 Å². The van der Waals surface area contributed by atoms with Crippen molar-refractivity contribution in [3.05, 3.63) is 34.6 Å². The predicted molar refractivity (Wildman–Crippen MR) is 58.4 cm³/mol. The molecule has 1 fully saturated rings. The summed E-state index contributed by atoms with van der Waals surface area (Å²) in [6.45, 7) is 1.11. The lowest BCUT2D eigenvalue weighted by Gasteiger charge is -2.15. The standard InChI is InChI=1S/C13H16FN/c14-12-7-6-11(13-5-2-8-15-13)9-3-1-4-10(9)12/h6-7,13,15H,1-5,8H2/t13-/m1/s1. The lowest BCUT2D eigenvalue weighted by molar-refractivity contribution is 0.604. The van der Waals surface area contributed by atoms with E-state index < -0.39 is 0 Å². The third-order valence-electron chi connectivity index (χ3n) is 3.70. The first-order valence-electron chi connectivity index (χ1n) is 5.90. The zero-order valence-corrected chi connectivity index (χ0v) is 8.85. The first-order valence-corrected chi connectivity index (χ1v) is 5.90. The molecule has 1 aliphatic carbocycles. The minimum absolute atomic E-state index is 0.00393. The van der Waals surface area contributed by atoms with Crippen LogP contribution in [0.3, 0.4) is 0 Å². The van der Waals surface area contributed by atoms with Gasteiger partial charge in [-0.05, 0) is 61.4 Å². The van der Waals surface area contributed by atoms with E-state index in [1.165, 1.54) is 24.0 Å². The maximum absolute atomic E-state index is 13.5. The van der Waals surface area contributed by atoms with Crippen LogP contribution < -0.4 is 5.32 Å². The van der Waals surface area contributed by atoms with Gasteiger partial charge >= 0.3 is 0 Å². The van der Waals surface area contributed by atoms with Crippen molar-refractivity contribution in [2.45, 2.75) is 38.1 Å². The molecule has 0 unspecified atom stereocenters. The van der Waals surface area contributed by atoms with Gasteiger partial charge in [-0.3, -0.25) is 0 Å². The highest BCUT2D eigenvalue weighted by Gasteiger charge is 2.24. The number of hydrogen-bond donors (Lipinski definition) is 1. The number of benzene rings is 1. The molecule has 1 aliphatic heterocycles. The summed E-state index contributed by atoms with van der Waals surface area (Å²) < 4.78 is 13.5. The number of rotatable bonds is 1. The number of fused-ring (bicyclic) bond motifs is 1. The van der Waals surface area contributed by atoms with Gasteiger partial charge in [0.05, 0.1) is 0 Å². The Kier molecular flexibility index (Phi) is 2.24. The Balaban J connectivity index is 2.04. The quantitative estimate of drug-likeness (QED) is 0.743. The molecule has 2 aliphatic rings. The van der Waals surface area contributed by atoms with Gasteiger partial charge in [0.2, 0.25) is 0 Å². The number of nitrogens with one attached hydrogen (secondary N) is 1. The van der Waals surface area contributed by atoms with Crippen LogP contribution in [0.5, 0.6) is 0 Å². The van der Waals surface area contributed by atoms with E-state index in [4.69, 9.17) is 0 Å². The molecule has 0 bridgehead atoms. The van der Waals surface area contributed by atoms with E-state index in [0.29, 0.717) is 6.04 Å². The van der Waals surface area contributed by atoms with Gasteiger partial charge in [-0.25, -0.2) is 4.39 Å². The lowest BCUT2D eigenvalue weighted by atomic mass is 9.96. The highest BCUT2D eigenvalue weighted by Crippen LogP contribution is 2.34. The average Bonchev–Trinajstić information content (AvgIpc) is 2.88. The average molecular weight is 205 g/mol. The van der Waals surface area contributed by atoms with Gasteiger partial charge in [0.25, 0.3) is 0 Å². The van der Waals surface area contributed by atoms with Crippen LogP contribution in [0.2, 0.25) is 0 Å². The Morgan fingerprint density at radius 2 is 2.00 bits per heavy atom. The monoisotopic (exact) mass is 205 g/mol. The summed E-state index contributed by atoms with van der Waals surface area (Å²) in [4.78, 5) is 0. The molecule has 0 spiro atoms. The van der Waals surface area contributed by atoms with Crippen LogP contribution in [0.4, 0.5) is 4.39 Å². The van der Waals surface area contributed by atoms with Gasteiger partial charge in [-0.2, -0.15) is 0 Å². The molecule has 1 saturated heterocycles. The van der Waals surface area contributed by atoms with Gasteiger partial charge in [0.1, 0.15) is 5.82 Å². The molecule has 2 heteroatoms. The first kappa shape index (κ1) is 9.34. The maximum atomic E-state index is 13.5. The summed E-state index contributed by atoms with van der Waals surface area (Å²) in [5.41, 5.74) is 3.65. The van der Waals surface area contributed by atoms with E-state index in [0.717, 1.165) is 31.4 Å². The molecule has 1 aromatic carbocycles. The SMILES string of the molecule is Fc1ccc([C@H]2CCCN2)c2c1CCC2. The van der Waals surface area contributed by atoms with Crippen molar-refractivity contribution < 1.29 is 4.39 Å². The largest absolute Gasteiger partial charge is 0.310 e. The smallest absolute Gasteiger partial charge is 0.126 e. The Hall–Kier alpha value is -0.890. The van der Waals surface area contributed by atoms with Crippen LogP contribution in [0.15, 0.2) is 12.1 Å². The third kappa shape index (κ3) is 1.48. The Morgan fingerprint density at radius 1 is 1.13 bits per heavy atom. The van der Waals surface area contributed by atoms with Crippen molar-refractivity contribution in [2.75, 3.05) is 6.54 Å². The van der Waals surface area contributed by atoms with E-state index >= 15 is 0 Å². The number of hydrogen-bond acceptors (Lipinski definition) is 1. The van der Waals surface area contributed by atoms with Gasteiger partial charge in [0.15, 0.2) is 0 Å². The van der Waals surface area contributed by atoms with Crippen LogP contribution in [0, 0.1) is 5.82 Å². The minimum Gasteiger partial charge on any atom is -0.310 e. The molecule has 0 saturated carbocycles. The van der Waals surface area contributed by atoms with E-state index in [9.17, 15) is 4.39 Å². The zero-order valence-electron chi connectivity index (χ0n) is 8.85. The van der Waals surface area contributed by atoms with Crippen LogP contribution in [0.1, 0.15) is 42.0 Å². The van der Waals surface area contributed by atoms with E-state index in [1.54, 1.807) is 6.07 Å². The van der Waals surface area contributed by atoms with Crippen LogP contribution in [-0.2, 0) is 12.8 Å². The Labute approximate surface area is 89.7 Å². The van der Waals surface area contributed by atoms with Gasteiger partial charge < -0.3 is 5.32 Å². The zero-order chi connectivity index (χ0) is 10.3. The molecule has 1 aromatic rings. The van der Waals surface area contributed by atoms with Crippen LogP contribution in [-0.4, -0.2) is 6.54 Å². The van der Waals surface area contributed by atoms with E-state index in [2.05, 4.69) is 5.32 Å². The molecule has 0 radical (unpaired) electrons. The summed E-state index contributed by atoms with van der Waals surface area (Å²) >= 11 is 0. The summed E-state index contributed by atoms with van der Waals surface area (Å²) in [6.07, 6.45) is 5.58. The second kappa shape index (κ2) is 3.60. The summed E-state index contributed by atoms with van der Waals surface area (Å²) in [6, 6.07) is 4.12. The molecule has 1 atom stereocenters. The fourth-order valence-electron chi connectivity index (χ4n) is 2.97. The van der Waals surface area contributed by atoms with Crippen molar-refractivity contribution >= 4 is 0 Å². The molecular formula is C13H16FN. The number of halogens is 1. The van der Waals surface area contributed by atoms with Crippen molar-refractivity contribution in [1.82, 2.24) is 5.32 Å². The molecule has 1 heterocycles. The maximum Gasteiger partial charge on any atom is 0.126 e. The van der Waals surface area contributed by atoms with E-state index in [1.807, 2.05) is 6.07 Å². The van der Waals surface area contributed by atoms with Crippen LogP contribution in [0.25, 0.3) is 0 Å². The predicted octanol–water partition coefficient (Wildman–Crippen LogP) is 2.74. The molecular weight excluding hydrogens is 189 g/mol.